The Bertz CT molecular complexity index is 152. The van der Waals surface area contributed by atoms with Gasteiger partial charge in [-0.15, -0.1) is 0 Å². The number of hydrogen-bond donors (Lipinski definition) is 0. The van der Waals surface area contributed by atoms with Gasteiger partial charge in [0.15, 0.2) is 0 Å². The van der Waals surface area contributed by atoms with Gasteiger partial charge in [0, 0.05) is 8.86 Å². The van der Waals surface area contributed by atoms with Crippen LogP contribution in [0.5, 0.6) is 0 Å². The van der Waals surface area contributed by atoms with Crippen molar-refractivity contribution in [2.24, 2.45) is 0 Å². The monoisotopic (exact) mass is 461 g/mol. The molecule has 0 rings (SSSR count). The zero-order valence-corrected chi connectivity index (χ0v) is 15.6. The van der Waals surface area contributed by atoms with Crippen LogP contribution in [0.1, 0.15) is 6.92 Å². The van der Waals surface area contributed by atoms with Gasteiger partial charge in [-0.1, -0.05) is 63.9 Å². The smallest absolute Gasteiger partial charge is 0.00419 e. The van der Waals surface area contributed by atoms with Gasteiger partial charge in [-0.3, -0.25) is 0 Å². The van der Waals surface area contributed by atoms with E-state index >= 15 is 0 Å². The zero-order chi connectivity index (χ0) is 11.6. The maximum atomic E-state index is 5.60. The number of halogens is 2. The summed E-state index contributed by atoms with van der Waals surface area (Å²) in [5, 5.41) is 0. The highest BCUT2D eigenvalue weighted by atomic mass is 127. The van der Waals surface area contributed by atoms with E-state index < -0.39 is 6.04 Å². The minimum absolute atomic E-state index is 0.882. The molecule has 0 aliphatic carbocycles. The summed E-state index contributed by atoms with van der Waals surface area (Å²) in [5.74, 6) is 0. The van der Waals surface area contributed by atoms with E-state index in [-0.39, 0.29) is 0 Å². The van der Waals surface area contributed by atoms with Crippen molar-refractivity contribution in [2.45, 2.75) is 6.92 Å². The highest BCUT2D eigenvalue weighted by Crippen LogP contribution is 2.45. The molecule has 5 heteroatoms. The first-order valence-electron chi connectivity index (χ1n) is 4.71. The summed E-state index contributed by atoms with van der Waals surface area (Å²) in [5.41, 5.74) is 0. The summed E-state index contributed by atoms with van der Waals surface area (Å²) >= 11 is 10.5. The molecule has 14 heavy (non-hydrogen) atoms. The molecule has 0 fully saturated rings. The Morgan fingerprint density at radius 3 is 1.50 bits per heavy atom. The van der Waals surface area contributed by atoms with Crippen LogP contribution in [0.3, 0.4) is 0 Å². The van der Waals surface area contributed by atoms with Gasteiger partial charge in [0.1, 0.15) is 0 Å². The molecule has 0 N–H and O–H groups in total. The fourth-order valence-electron chi connectivity index (χ4n) is 0.736. The number of alkyl halides is 2. The molecule has 0 aromatic rings. The van der Waals surface area contributed by atoms with E-state index in [0.717, 1.165) is 0 Å². The van der Waals surface area contributed by atoms with Crippen molar-refractivity contribution >= 4 is 63.0 Å². The molecule has 0 saturated heterocycles. The summed E-state index contributed by atoms with van der Waals surface area (Å²) in [6, 6.07) is -0.882. The molecule has 0 aliphatic heterocycles. The standard InChI is InChI=1S/C6H13I2PS.C3H9N/c1-2-9(10,5-3-7)6-4-8;1-4(2)3/h2-6H2,1H3;1-3H3. The van der Waals surface area contributed by atoms with Crippen molar-refractivity contribution in [1.82, 2.24) is 4.90 Å². The Hall–Kier alpha value is 2.07. The minimum atomic E-state index is -0.882. The largest absolute Gasteiger partial charge is 0.312 e. The Morgan fingerprint density at radius 1 is 1.07 bits per heavy atom. The van der Waals surface area contributed by atoms with Crippen molar-refractivity contribution in [3.05, 3.63) is 0 Å². The zero-order valence-electron chi connectivity index (χ0n) is 9.59. The van der Waals surface area contributed by atoms with Crippen LogP contribution in [0.15, 0.2) is 0 Å². The molecular weight excluding hydrogens is 439 g/mol. The maximum Gasteiger partial charge on any atom is 0.00419 e. The Morgan fingerprint density at radius 2 is 1.36 bits per heavy atom. The number of rotatable bonds is 5. The lowest BCUT2D eigenvalue weighted by atomic mass is 10.9. The van der Waals surface area contributed by atoms with Gasteiger partial charge < -0.3 is 4.90 Å². The first kappa shape index (κ1) is 18.4. The average molecular weight is 461 g/mol. The van der Waals surface area contributed by atoms with Crippen LogP contribution < -0.4 is 0 Å². The van der Waals surface area contributed by atoms with Gasteiger partial charge in [0.25, 0.3) is 0 Å². The van der Waals surface area contributed by atoms with Crippen molar-refractivity contribution in [3.8, 4) is 0 Å². The van der Waals surface area contributed by atoms with Crippen LogP contribution in [0.4, 0.5) is 0 Å². The van der Waals surface area contributed by atoms with Gasteiger partial charge in [0.2, 0.25) is 0 Å². The van der Waals surface area contributed by atoms with E-state index in [4.69, 9.17) is 11.8 Å². The highest BCUT2D eigenvalue weighted by molar-refractivity contribution is 14.1. The van der Waals surface area contributed by atoms with Crippen LogP contribution in [0.25, 0.3) is 0 Å². The van der Waals surface area contributed by atoms with Crippen molar-refractivity contribution in [3.63, 3.8) is 0 Å². The fraction of sp³-hybridized carbons (Fsp3) is 1.00. The maximum absolute atomic E-state index is 5.60. The summed E-state index contributed by atoms with van der Waals surface area (Å²) < 4.78 is 2.50. The lowest BCUT2D eigenvalue weighted by molar-refractivity contribution is 0.505. The van der Waals surface area contributed by atoms with Crippen molar-refractivity contribution < 1.29 is 0 Å². The summed E-state index contributed by atoms with van der Waals surface area (Å²) in [6.07, 6.45) is 3.87. The molecule has 0 atom stereocenters. The quantitative estimate of drug-likeness (QED) is 0.351. The van der Waals surface area contributed by atoms with Gasteiger partial charge in [-0.05, 0) is 45.7 Å². The summed E-state index contributed by atoms with van der Waals surface area (Å²) in [4.78, 5) is 2.00. The van der Waals surface area contributed by atoms with Gasteiger partial charge >= 0.3 is 0 Å². The normalized spacial score (nSPS) is 11.1. The van der Waals surface area contributed by atoms with Crippen LogP contribution in [0, 0.1) is 0 Å². The predicted octanol–water partition coefficient (Wildman–Crippen LogP) is 3.53. The Kier molecular flexibility index (Phi) is 15.2. The number of hydrogen-bond acceptors (Lipinski definition) is 2. The average Bonchev–Trinajstić information content (AvgIpc) is 2.04. The molecule has 0 aromatic heterocycles. The second-order valence-electron chi connectivity index (χ2n) is 3.54. The van der Waals surface area contributed by atoms with E-state index in [1.807, 2.05) is 26.0 Å². The van der Waals surface area contributed by atoms with Crippen LogP contribution in [-0.4, -0.2) is 53.4 Å². The van der Waals surface area contributed by atoms with E-state index in [1.54, 1.807) is 0 Å². The molecule has 0 unspecified atom stereocenters. The Balaban J connectivity index is 0. The van der Waals surface area contributed by atoms with Crippen LogP contribution in [0.2, 0.25) is 0 Å². The third-order valence-corrected chi connectivity index (χ3v) is 9.45. The second-order valence-corrected chi connectivity index (χ2v) is 11.7. The third-order valence-electron chi connectivity index (χ3n) is 1.56. The topological polar surface area (TPSA) is 3.24 Å². The summed E-state index contributed by atoms with van der Waals surface area (Å²) in [7, 11) is 6.00. The fourth-order valence-corrected chi connectivity index (χ4v) is 10.3. The van der Waals surface area contributed by atoms with Gasteiger partial charge in [-0.25, -0.2) is 0 Å². The van der Waals surface area contributed by atoms with Crippen LogP contribution >= 0.6 is 51.2 Å². The van der Waals surface area contributed by atoms with E-state index in [1.165, 1.54) is 27.3 Å². The number of nitrogens with zero attached hydrogens (tertiary/aromatic N) is 1. The molecular formula is C9H22I2NPS. The molecule has 0 radical (unpaired) electrons. The SMILES string of the molecule is CCP(=S)(CCI)CCI.CN(C)C. The molecule has 0 aliphatic rings. The lowest BCUT2D eigenvalue weighted by Gasteiger charge is -2.17. The lowest BCUT2D eigenvalue weighted by Crippen LogP contribution is -1.99. The van der Waals surface area contributed by atoms with E-state index in [9.17, 15) is 0 Å². The molecule has 88 valence electrons. The second kappa shape index (κ2) is 11.6. The summed E-state index contributed by atoms with van der Waals surface area (Å²) in [6.45, 7) is 2.25. The minimum Gasteiger partial charge on any atom is -0.312 e. The first-order chi connectivity index (χ1) is 6.41. The molecule has 1 nitrogen and oxygen atoms in total. The van der Waals surface area contributed by atoms with E-state index in [0.29, 0.717) is 0 Å². The van der Waals surface area contributed by atoms with Crippen molar-refractivity contribution in [2.75, 3.05) is 48.5 Å². The Labute approximate surface area is 122 Å². The molecule has 0 amide bonds. The first-order valence-corrected chi connectivity index (χ1v) is 11.1. The molecule has 0 aromatic carbocycles. The third kappa shape index (κ3) is 14.1. The van der Waals surface area contributed by atoms with Crippen molar-refractivity contribution in [1.29, 1.82) is 0 Å². The van der Waals surface area contributed by atoms with Gasteiger partial charge in [-0.2, -0.15) is 0 Å². The molecule has 0 spiro atoms. The van der Waals surface area contributed by atoms with Crippen LogP contribution in [-0.2, 0) is 11.8 Å². The predicted molar refractivity (Wildman–Crippen MR) is 91.9 cm³/mol. The molecule has 0 bridgehead atoms. The molecule has 0 saturated carbocycles. The van der Waals surface area contributed by atoms with Gasteiger partial charge in [0.05, 0.1) is 0 Å². The highest BCUT2D eigenvalue weighted by Gasteiger charge is 2.11. The molecule has 0 heterocycles. The van der Waals surface area contributed by atoms with E-state index in [2.05, 4.69) is 52.1 Å².